The smallest absolute Gasteiger partial charge is 0.312 e. The van der Waals surface area contributed by atoms with E-state index in [0.29, 0.717) is 12.1 Å². The number of rotatable bonds is 4. The third-order valence-electron chi connectivity index (χ3n) is 2.37. The Hall–Kier alpha value is -1.54. The summed E-state index contributed by atoms with van der Waals surface area (Å²) in [4.78, 5) is 0. The summed E-state index contributed by atoms with van der Waals surface area (Å²) in [6, 6.07) is 7.15. The lowest BCUT2D eigenvalue weighted by atomic mass is 10.1. The van der Waals surface area contributed by atoms with E-state index >= 15 is 0 Å². The Labute approximate surface area is 98.1 Å². The van der Waals surface area contributed by atoms with Gasteiger partial charge in [0.1, 0.15) is 0 Å². The van der Waals surface area contributed by atoms with Crippen LogP contribution in [0.15, 0.2) is 18.2 Å². The van der Waals surface area contributed by atoms with Gasteiger partial charge in [0.15, 0.2) is 0 Å². The molecular formula is C12H13F3N2. The van der Waals surface area contributed by atoms with E-state index in [1.807, 2.05) is 13.0 Å². The molecule has 5 heteroatoms. The number of hydrogen-bond acceptors (Lipinski definition) is 2. The van der Waals surface area contributed by atoms with E-state index in [-0.39, 0.29) is 6.54 Å². The largest absolute Gasteiger partial charge is 0.390 e. The maximum atomic E-state index is 11.9. The van der Waals surface area contributed by atoms with E-state index in [4.69, 9.17) is 5.26 Å². The third-order valence-corrected chi connectivity index (χ3v) is 2.37. The number of nitrogens with one attached hydrogen (secondary N) is 1. The van der Waals surface area contributed by atoms with Crippen LogP contribution in [0.5, 0.6) is 0 Å². The number of aryl methyl sites for hydroxylation is 1. The van der Waals surface area contributed by atoms with Gasteiger partial charge < -0.3 is 5.32 Å². The summed E-state index contributed by atoms with van der Waals surface area (Å²) >= 11 is 0. The van der Waals surface area contributed by atoms with Crippen LogP contribution in [0, 0.1) is 18.3 Å². The average molecular weight is 242 g/mol. The standard InChI is InChI=1S/C12H13F3N2/c1-9-6-10(7-16)2-3-11(9)8-17-5-4-12(13,14)15/h2-3,6,17H,4-5,8H2,1H3. The van der Waals surface area contributed by atoms with Crippen molar-refractivity contribution in [2.24, 2.45) is 0 Å². The highest BCUT2D eigenvalue weighted by molar-refractivity contribution is 5.37. The molecule has 0 aliphatic carbocycles. The fourth-order valence-corrected chi connectivity index (χ4v) is 1.42. The summed E-state index contributed by atoms with van der Waals surface area (Å²) in [6.07, 6.45) is -4.95. The van der Waals surface area contributed by atoms with Crippen molar-refractivity contribution in [3.63, 3.8) is 0 Å². The molecule has 0 spiro atoms. The van der Waals surface area contributed by atoms with E-state index in [1.54, 1.807) is 18.2 Å². The second kappa shape index (κ2) is 5.69. The summed E-state index contributed by atoms with van der Waals surface area (Å²) in [5, 5.41) is 11.4. The summed E-state index contributed by atoms with van der Waals surface area (Å²) in [6.45, 7) is 2.12. The molecule has 0 saturated heterocycles. The molecule has 0 fully saturated rings. The normalized spacial score (nSPS) is 11.2. The topological polar surface area (TPSA) is 35.8 Å². The second-order valence-corrected chi connectivity index (χ2v) is 3.80. The molecule has 0 aliphatic heterocycles. The van der Waals surface area contributed by atoms with Crippen LogP contribution in [-0.2, 0) is 6.54 Å². The highest BCUT2D eigenvalue weighted by Gasteiger charge is 2.25. The van der Waals surface area contributed by atoms with Gasteiger partial charge in [-0.1, -0.05) is 6.07 Å². The lowest BCUT2D eigenvalue weighted by Gasteiger charge is -2.09. The minimum Gasteiger partial charge on any atom is -0.312 e. The number of benzene rings is 1. The van der Waals surface area contributed by atoms with Crippen LogP contribution in [0.25, 0.3) is 0 Å². The van der Waals surface area contributed by atoms with Crippen LogP contribution in [0.4, 0.5) is 13.2 Å². The number of hydrogen-bond donors (Lipinski definition) is 1. The molecule has 0 amide bonds. The minimum atomic E-state index is -4.12. The molecule has 2 nitrogen and oxygen atoms in total. The molecule has 0 radical (unpaired) electrons. The molecule has 17 heavy (non-hydrogen) atoms. The van der Waals surface area contributed by atoms with Crippen LogP contribution < -0.4 is 5.32 Å². The molecule has 0 unspecified atom stereocenters. The van der Waals surface area contributed by atoms with Gasteiger partial charge in [-0.05, 0) is 30.2 Å². The predicted octanol–water partition coefficient (Wildman–Crippen LogP) is 2.91. The van der Waals surface area contributed by atoms with Crippen molar-refractivity contribution in [1.82, 2.24) is 5.32 Å². The summed E-state index contributed by atoms with van der Waals surface area (Å²) in [7, 11) is 0. The maximum absolute atomic E-state index is 11.9. The monoisotopic (exact) mass is 242 g/mol. The maximum Gasteiger partial charge on any atom is 0.390 e. The van der Waals surface area contributed by atoms with Gasteiger partial charge in [-0.3, -0.25) is 0 Å². The van der Waals surface area contributed by atoms with E-state index in [2.05, 4.69) is 5.32 Å². The number of alkyl halides is 3. The van der Waals surface area contributed by atoms with Gasteiger partial charge in [0.2, 0.25) is 0 Å². The highest BCUT2D eigenvalue weighted by Crippen LogP contribution is 2.18. The molecule has 1 aromatic carbocycles. The molecule has 0 atom stereocenters. The van der Waals surface area contributed by atoms with Crippen molar-refractivity contribution >= 4 is 0 Å². The Morgan fingerprint density at radius 2 is 2.06 bits per heavy atom. The molecule has 0 aromatic heterocycles. The molecule has 0 heterocycles. The molecule has 92 valence electrons. The molecule has 0 aliphatic rings. The summed E-state index contributed by atoms with van der Waals surface area (Å²) in [5.74, 6) is 0. The Morgan fingerprint density at radius 3 is 2.59 bits per heavy atom. The fraction of sp³-hybridized carbons (Fsp3) is 0.417. The Kier molecular flexibility index (Phi) is 4.53. The SMILES string of the molecule is Cc1cc(C#N)ccc1CNCCC(F)(F)F. The Balaban J connectivity index is 2.45. The zero-order valence-electron chi connectivity index (χ0n) is 9.43. The van der Waals surface area contributed by atoms with Gasteiger partial charge in [-0.15, -0.1) is 0 Å². The molecular weight excluding hydrogens is 229 g/mol. The van der Waals surface area contributed by atoms with Gasteiger partial charge in [0.05, 0.1) is 18.1 Å². The Bertz CT molecular complexity index is 419. The first kappa shape index (κ1) is 13.5. The number of halogens is 3. The zero-order valence-corrected chi connectivity index (χ0v) is 9.43. The zero-order chi connectivity index (χ0) is 12.9. The summed E-state index contributed by atoms with van der Waals surface area (Å²) < 4.78 is 35.7. The second-order valence-electron chi connectivity index (χ2n) is 3.80. The molecule has 0 bridgehead atoms. The van der Waals surface area contributed by atoms with Crippen LogP contribution in [-0.4, -0.2) is 12.7 Å². The van der Waals surface area contributed by atoms with Crippen LogP contribution >= 0.6 is 0 Å². The van der Waals surface area contributed by atoms with Gasteiger partial charge in [0, 0.05) is 13.1 Å². The van der Waals surface area contributed by atoms with Gasteiger partial charge in [-0.2, -0.15) is 18.4 Å². The van der Waals surface area contributed by atoms with E-state index < -0.39 is 12.6 Å². The number of nitriles is 1. The quantitative estimate of drug-likeness (QED) is 0.824. The number of nitrogens with zero attached hydrogens (tertiary/aromatic N) is 1. The summed E-state index contributed by atoms with van der Waals surface area (Å²) in [5.41, 5.74) is 2.37. The van der Waals surface area contributed by atoms with Crippen LogP contribution in [0.2, 0.25) is 0 Å². The van der Waals surface area contributed by atoms with E-state index in [1.165, 1.54) is 0 Å². The molecule has 0 saturated carbocycles. The Morgan fingerprint density at radius 1 is 1.35 bits per heavy atom. The van der Waals surface area contributed by atoms with E-state index in [0.717, 1.165) is 11.1 Å². The van der Waals surface area contributed by atoms with Crippen molar-refractivity contribution in [2.75, 3.05) is 6.54 Å². The lowest BCUT2D eigenvalue weighted by Crippen LogP contribution is -2.21. The predicted molar refractivity (Wildman–Crippen MR) is 58.3 cm³/mol. The van der Waals surface area contributed by atoms with Gasteiger partial charge >= 0.3 is 6.18 Å². The first-order valence-electron chi connectivity index (χ1n) is 5.19. The van der Waals surface area contributed by atoms with Crippen molar-refractivity contribution in [3.8, 4) is 6.07 Å². The van der Waals surface area contributed by atoms with Crippen molar-refractivity contribution < 1.29 is 13.2 Å². The third kappa shape index (κ3) is 4.87. The molecule has 1 rings (SSSR count). The lowest BCUT2D eigenvalue weighted by molar-refractivity contribution is -0.133. The van der Waals surface area contributed by atoms with Crippen LogP contribution in [0.3, 0.4) is 0 Å². The fourth-order valence-electron chi connectivity index (χ4n) is 1.42. The highest BCUT2D eigenvalue weighted by atomic mass is 19.4. The molecule has 1 N–H and O–H groups in total. The molecule has 1 aromatic rings. The van der Waals surface area contributed by atoms with Crippen molar-refractivity contribution in [2.45, 2.75) is 26.1 Å². The van der Waals surface area contributed by atoms with Crippen molar-refractivity contribution in [3.05, 3.63) is 34.9 Å². The first-order chi connectivity index (χ1) is 7.92. The van der Waals surface area contributed by atoms with Crippen molar-refractivity contribution in [1.29, 1.82) is 5.26 Å². The van der Waals surface area contributed by atoms with Gasteiger partial charge in [-0.25, -0.2) is 0 Å². The van der Waals surface area contributed by atoms with Crippen LogP contribution in [0.1, 0.15) is 23.1 Å². The van der Waals surface area contributed by atoms with E-state index in [9.17, 15) is 13.2 Å². The first-order valence-corrected chi connectivity index (χ1v) is 5.19. The minimum absolute atomic E-state index is 0.0943. The average Bonchev–Trinajstić information content (AvgIpc) is 2.24. The van der Waals surface area contributed by atoms with Gasteiger partial charge in [0.25, 0.3) is 0 Å².